The van der Waals surface area contributed by atoms with E-state index >= 15 is 0 Å². The third-order valence-electron chi connectivity index (χ3n) is 2.22. The summed E-state index contributed by atoms with van der Waals surface area (Å²) in [4.78, 5) is -0.627. The van der Waals surface area contributed by atoms with Crippen LogP contribution >= 0.6 is 0 Å². The molecule has 0 spiro atoms. The van der Waals surface area contributed by atoms with Crippen LogP contribution in [0.3, 0.4) is 0 Å². The van der Waals surface area contributed by atoms with Gasteiger partial charge in [0.1, 0.15) is 5.82 Å². The lowest BCUT2D eigenvalue weighted by Gasteiger charge is -2.11. The summed E-state index contributed by atoms with van der Waals surface area (Å²) in [7, 11) is -2.50. The molecule has 0 atom stereocenters. The molecule has 0 unspecified atom stereocenters. The Balaban J connectivity index is 3.09. The van der Waals surface area contributed by atoms with Crippen LogP contribution in [0.15, 0.2) is 23.1 Å². The van der Waals surface area contributed by atoms with Crippen molar-refractivity contribution in [3.63, 3.8) is 0 Å². The van der Waals surface area contributed by atoms with Gasteiger partial charge in [-0.3, -0.25) is 0 Å². The van der Waals surface area contributed by atoms with Crippen molar-refractivity contribution in [2.24, 2.45) is 0 Å². The van der Waals surface area contributed by atoms with Crippen LogP contribution in [0.4, 0.5) is 17.6 Å². The number of benzene rings is 1. The minimum absolute atomic E-state index is 0.0115. The Hall–Kier alpha value is -1.19. The average Bonchev–Trinajstić information content (AvgIpc) is 2.27. The molecule has 0 bridgehead atoms. The molecule has 0 aliphatic heterocycles. The van der Waals surface area contributed by atoms with E-state index in [2.05, 4.69) is 10.0 Å². The molecule has 1 aromatic rings. The van der Waals surface area contributed by atoms with Gasteiger partial charge in [-0.2, -0.15) is 13.2 Å². The van der Waals surface area contributed by atoms with E-state index in [1.54, 1.807) is 7.05 Å². The third kappa shape index (κ3) is 4.15. The van der Waals surface area contributed by atoms with Gasteiger partial charge in [-0.15, -0.1) is 0 Å². The van der Waals surface area contributed by atoms with Gasteiger partial charge < -0.3 is 5.32 Å². The normalized spacial score (nSPS) is 12.7. The Labute approximate surface area is 107 Å². The lowest BCUT2D eigenvalue weighted by Crippen LogP contribution is -2.30. The summed E-state index contributed by atoms with van der Waals surface area (Å²) in [5, 5.41) is 2.67. The highest BCUT2D eigenvalue weighted by Crippen LogP contribution is 2.32. The topological polar surface area (TPSA) is 58.2 Å². The standard InChI is InChI=1S/C10H12F4N2O2S/c1-15-4-5-16-19(17,18)7-2-3-9(11)8(6-7)10(12,13)14/h2-3,6,15-16H,4-5H2,1H3. The predicted molar refractivity (Wildman–Crippen MR) is 60.5 cm³/mol. The largest absolute Gasteiger partial charge is 0.419 e. The summed E-state index contributed by atoms with van der Waals surface area (Å²) in [6.45, 7) is 0.324. The number of sulfonamides is 1. The summed E-state index contributed by atoms with van der Waals surface area (Å²) in [5.74, 6) is -1.51. The summed E-state index contributed by atoms with van der Waals surface area (Å²) in [5.41, 5.74) is -1.61. The number of likely N-dealkylation sites (N-methyl/N-ethyl adjacent to an activating group) is 1. The van der Waals surface area contributed by atoms with Crippen LogP contribution < -0.4 is 10.0 Å². The maximum atomic E-state index is 13.0. The van der Waals surface area contributed by atoms with Crippen LogP contribution in [0, 0.1) is 5.82 Å². The zero-order chi connectivity index (χ0) is 14.7. The van der Waals surface area contributed by atoms with Crippen molar-refractivity contribution in [1.29, 1.82) is 0 Å². The highest BCUT2D eigenvalue weighted by atomic mass is 32.2. The fourth-order valence-electron chi connectivity index (χ4n) is 1.28. The van der Waals surface area contributed by atoms with Gasteiger partial charge in [0, 0.05) is 13.1 Å². The van der Waals surface area contributed by atoms with Crippen molar-refractivity contribution < 1.29 is 26.0 Å². The first-order valence-corrected chi connectivity index (χ1v) is 6.68. The smallest absolute Gasteiger partial charge is 0.318 e. The number of halogens is 4. The number of rotatable bonds is 5. The molecule has 0 aliphatic rings. The van der Waals surface area contributed by atoms with Crippen molar-refractivity contribution in [1.82, 2.24) is 10.0 Å². The Morgan fingerprint density at radius 3 is 2.37 bits per heavy atom. The molecule has 9 heteroatoms. The van der Waals surface area contributed by atoms with Crippen molar-refractivity contribution >= 4 is 10.0 Å². The number of hydrogen-bond acceptors (Lipinski definition) is 3. The molecule has 0 amide bonds. The molecule has 2 N–H and O–H groups in total. The van der Waals surface area contributed by atoms with Crippen molar-refractivity contribution in [2.45, 2.75) is 11.1 Å². The molecule has 0 saturated heterocycles. The molecule has 0 aromatic heterocycles. The minimum Gasteiger partial charge on any atom is -0.318 e. The second-order valence-corrected chi connectivity index (χ2v) is 5.41. The predicted octanol–water partition coefficient (Wildman–Crippen LogP) is 1.34. The van der Waals surface area contributed by atoms with Gasteiger partial charge in [0.25, 0.3) is 0 Å². The summed E-state index contributed by atoms with van der Waals surface area (Å²) < 4.78 is 75.8. The van der Waals surface area contributed by atoms with Gasteiger partial charge >= 0.3 is 6.18 Å². The molecule has 108 valence electrons. The maximum Gasteiger partial charge on any atom is 0.419 e. The Bertz CT molecular complexity index is 543. The monoisotopic (exact) mass is 300 g/mol. The van der Waals surface area contributed by atoms with Crippen LogP contribution in [-0.2, 0) is 16.2 Å². The van der Waals surface area contributed by atoms with Gasteiger partial charge in [-0.05, 0) is 25.2 Å². The van der Waals surface area contributed by atoms with Crippen molar-refractivity contribution in [2.75, 3.05) is 20.1 Å². The molecular weight excluding hydrogens is 288 g/mol. The summed E-state index contributed by atoms with van der Waals surface area (Å²) in [6.07, 6.45) is -4.94. The molecule has 0 radical (unpaired) electrons. The van der Waals surface area contributed by atoms with Gasteiger partial charge in [0.15, 0.2) is 0 Å². The van der Waals surface area contributed by atoms with Crippen LogP contribution in [0.5, 0.6) is 0 Å². The number of nitrogens with one attached hydrogen (secondary N) is 2. The SMILES string of the molecule is CNCCNS(=O)(=O)c1ccc(F)c(C(F)(F)F)c1. The second-order valence-electron chi connectivity index (χ2n) is 3.64. The molecule has 1 rings (SSSR count). The molecule has 0 heterocycles. The van der Waals surface area contributed by atoms with E-state index in [-0.39, 0.29) is 12.6 Å². The lowest BCUT2D eigenvalue weighted by molar-refractivity contribution is -0.140. The highest BCUT2D eigenvalue weighted by Gasteiger charge is 2.35. The first-order chi connectivity index (χ1) is 8.68. The minimum atomic E-state index is -4.94. The first-order valence-electron chi connectivity index (χ1n) is 5.19. The zero-order valence-corrected chi connectivity index (χ0v) is 10.7. The zero-order valence-electron chi connectivity index (χ0n) is 9.88. The van der Waals surface area contributed by atoms with Gasteiger partial charge in [-0.25, -0.2) is 17.5 Å². The van der Waals surface area contributed by atoms with E-state index in [9.17, 15) is 26.0 Å². The molecule has 0 fully saturated rings. The fourth-order valence-corrected chi connectivity index (χ4v) is 2.34. The fraction of sp³-hybridized carbons (Fsp3) is 0.400. The Morgan fingerprint density at radius 2 is 1.84 bits per heavy atom. The van der Waals surface area contributed by atoms with E-state index in [0.717, 1.165) is 6.07 Å². The molecule has 4 nitrogen and oxygen atoms in total. The third-order valence-corrected chi connectivity index (χ3v) is 3.68. The van der Waals surface area contributed by atoms with E-state index in [1.807, 2.05) is 0 Å². The molecule has 0 aliphatic carbocycles. The molecular formula is C10H12F4N2O2S. The van der Waals surface area contributed by atoms with E-state index in [4.69, 9.17) is 0 Å². The number of hydrogen-bond donors (Lipinski definition) is 2. The number of alkyl halides is 3. The van der Waals surface area contributed by atoms with Crippen LogP contribution in [0.1, 0.15) is 5.56 Å². The molecule has 0 saturated carbocycles. The van der Waals surface area contributed by atoms with Crippen molar-refractivity contribution in [3.05, 3.63) is 29.6 Å². The van der Waals surface area contributed by atoms with Gasteiger partial charge in [0.2, 0.25) is 10.0 Å². The highest BCUT2D eigenvalue weighted by molar-refractivity contribution is 7.89. The molecule has 19 heavy (non-hydrogen) atoms. The van der Waals surface area contributed by atoms with Crippen LogP contribution in [-0.4, -0.2) is 28.6 Å². The lowest BCUT2D eigenvalue weighted by atomic mass is 10.2. The Morgan fingerprint density at radius 1 is 1.21 bits per heavy atom. The van der Waals surface area contributed by atoms with Gasteiger partial charge in [-0.1, -0.05) is 0 Å². The quantitative estimate of drug-likeness (QED) is 0.637. The maximum absolute atomic E-state index is 13.0. The van der Waals surface area contributed by atoms with E-state index in [0.29, 0.717) is 12.6 Å². The summed E-state index contributed by atoms with van der Waals surface area (Å²) >= 11 is 0. The summed E-state index contributed by atoms with van der Waals surface area (Å²) in [6, 6.07) is 1.54. The average molecular weight is 300 g/mol. The Kier molecular flexibility index (Phi) is 4.88. The van der Waals surface area contributed by atoms with E-state index < -0.39 is 32.5 Å². The van der Waals surface area contributed by atoms with E-state index in [1.165, 1.54) is 0 Å². The van der Waals surface area contributed by atoms with Gasteiger partial charge in [0.05, 0.1) is 10.5 Å². The van der Waals surface area contributed by atoms with Crippen LogP contribution in [0.25, 0.3) is 0 Å². The van der Waals surface area contributed by atoms with Crippen molar-refractivity contribution in [3.8, 4) is 0 Å². The first kappa shape index (κ1) is 15.9. The molecule has 1 aromatic carbocycles. The second kappa shape index (κ2) is 5.85. The van der Waals surface area contributed by atoms with Crippen LogP contribution in [0.2, 0.25) is 0 Å².